The number of amides is 1. The fourth-order valence-electron chi connectivity index (χ4n) is 2.86. The molecular weight excluding hydrogens is 416 g/mol. The molecule has 5 nitrogen and oxygen atoms in total. The number of carbonyl (C=O) groups is 1. The molecule has 1 N–H and O–H groups in total. The van der Waals surface area contributed by atoms with Crippen molar-refractivity contribution in [2.24, 2.45) is 0 Å². The monoisotopic (exact) mass is 448 g/mol. The van der Waals surface area contributed by atoms with Gasteiger partial charge in [-0.25, -0.2) is 8.42 Å². The molecule has 0 aliphatic rings. The van der Waals surface area contributed by atoms with Crippen molar-refractivity contribution >= 4 is 33.4 Å². The van der Waals surface area contributed by atoms with Crippen molar-refractivity contribution < 1.29 is 13.2 Å². The van der Waals surface area contributed by atoms with Crippen LogP contribution in [0.3, 0.4) is 0 Å². The molecule has 0 spiro atoms. The number of sulfonamides is 1. The van der Waals surface area contributed by atoms with Crippen LogP contribution in [-0.4, -0.2) is 37.9 Å². The lowest BCUT2D eigenvalue weighted by atomic mass is 10.1. The lowest BCUT2D eigenvalue weighted by Gasteiger charge is -2.26. The summed E-state index contributed by atoms with van der Waals surface area (Å²) in [6.07, 6.45) is 0. The smallest absolute Gasteiger partial charge is 0.264 e. The lowest BCUT2D eigenvalue weighted by molar-refractivity contribution is -0.119. The van der Waals surface area contributed by atoms with Crippen molar-refractivity contribution in [3.8, 4) is 0 Å². The third-order valence-electron chi connectivity index (χ3n) is 4.49. The fourth-order valence-corrected chi connectivity index (χ4v) is 5.15. The minimum atomic E-state index is -3.89. The first-order valence-corrected chi connectivity index (χ1v) is 12.4. The van der Waals surface area contributed by atoms with E-state index >= 15 is 0 Å². The Balaban J connectivity index is 2.29. The molecule has 0 bridgehead atoms. The van der Waals surface area contributed by atoms with Crippen LogP contribution in [0.15, 0.2) is 47.4 Å². The normalized spacial score (nSPS) is 11.9. The summed E-state index contributed by atoms with van der Waals surface area (Å²) in [4.78, 5) is 12.8. The Kier molecular flexibility index (Phi) is 7.99. The van der Waals surface area contributed by atoms with Crippen LogP contribution in [0.4, 0.5) is 5.69 Å². The van der Waals surface area contributed by atoms with Crippen LogP contribution in [0.2, 0.25) is 0 Å². The van der Waals surface area contributed by atoms with Gasteiger partial charge in [0.25, 0.3) is 10.0 Å². The van der Waals surface area contributed by atoms with E-state index in [1.807, 2.05) is 39.0 Å². The molecule has 0 unspecified atom stereocenters. The van der Waals surface area contributed by atoms with Gasteiger partial charge in [0.15, 0.2) is 0 Å². The molecule has 0 aromatic heterocycles. The van der Waals surface area contributed by atoms with Gasteiger partial charge >= 0.3 is 0 Å². The van der Waals surface area contributed by atoms with E-state index in [2.05, 4.69) is 26.1 Å². The van der Waals surface area contributed by atoms with E-state index in [0.29, 0.717) is 12.2 Å². The molecule has 7 heteroatoms. The third kappa shape index (κ3) is 6.77. The van der Waals surface area contributed by atoms with E-state index in [4.69, 9.17) is 0 Å². The molecular formula is C23H32N2O3S2. The summed E-state index contributed by atoms with van der Waals surface area (Å²) in [7, 11) is -3.89. The standard InChI is InChI=1S/C23H32N2O3S2/c1-17-8-11-20(12-9-17)30(27,28)25(21-15-18(2)7-10-19(21)3)16-22(26)24-13-14-29-23(4,5)6/h7-12,15H,13-14,16H2,1-6H3,(H,24,26). The quantitative estimate of drug-likeness (QED) is 0.606. The molecule has 0 aliphatic heterocycles. The van der Waals surface area contributed by atoms with Gasteiger partial charge < -0.3 is 5.32 Å². The van der Waals surface area contributed by atoms with E-state index in [1.165, 1.54) is 4.31 Å². The highest BCUT2D eigenvalue weighted by atomic mass is 32.2. The number of benzene rings is 2. The highest BCUT2D eigenvalue weighted by molar-refractivity contribution is 8.00. The number of aryl methyl sites for hydroxylation is 3. The number of anilines is 1. The molecule has 0 saturated heterocycles. The Morgan fingerprint density at radius 2 is 1.60 bits per heavy atom. The maximum atomic E-state index is 13.4. The number of nitrogens with one attached hydrogen (secondary N) is 1. The maximum absolute atomic E-state index is 13.4. The minimum Gasteiger partial charge on any atom is -0.354 e. The summed E-state index contributed by atoms with van der Waals surface area (Å²) < 4.78 is 28.2. The van der Waals surface area contributed by atoms with Gasteiger partial charge in [-0.15, -0.1) is 0 Å². The average molecular weight is 449 g/mol. The van der Waals surface area contributed by atoms with Crippen LogP contribution in [0, 0.1) is 20.8 Å². The van der Waals surface area contributed by atoms with Crippen LogP contribution >= 0.6 is 11.8 Å². The topological polar surface area (TPSA) is 66.5 Å². The Bertz CT molecular complexity index is 978. The van der Waals surface area contributed by atoms with Crippen molar-refractivity contribution in [1.29, 1.82) is 0 Å². The van der Waals surface area contributed by atoms with Gasteiger partial charge in [-0.05, 0) is 50.1 Å². The number of nitrogens with zero attached hydrogens (tertiary/aromatic N) is 1. The maximum Gasteiger partial charge on any atom is 0.264 e. The van der Waals surface area contributed by atoms with E-state index in [1.54, 1.807) is 36.0 Å². The Labute approximate surface area is 185 Å². The van der Waals surface area contributed by atoms with Gasteiger partial charge in [0.1, 0.15) is 6.54 Å². The summed E-state index contributed by atoms with van der Waals surface area (Å²) in [6, 6.07) is 12.3. The SMILES string of the molecule is Cc1ccc(S(=O)(=O)N(CC(=O)NCCSC(C)(C)C)c2cc(C)ccc2C)cc1. The van der Waals surface area contributed by atoms with Crippen molar-refractivity contribution in [2.75, 3.05) is 23.1 Å². The van der Waals surface area contributed by atoms with Gasteiger partial charge in [0.05, 0.1) is 10.6 Å². The zero-order valence-electron chi connectivity index (χ0n) is 18.7. The molecule has 0 fully saturated rings. The second kappa shape index (κ2) is 9.88. The first-order valence-electron chi connectivity index (χ1n) is 9.97. The Hall–Kier alpha value is -1.99. The van der Waals surface area contributed by atoms with E-state index in [-0.39, 0.29) is 22.1 Å². The summed E-state index contributed by atoms with van der Waals surface area (Å²) in [5.74, 6) is 0.449. The molecule has 0 atom stereocenters. The predicted octanol–water partition coefficient (Wildman–Crippen LogP) is 4.46. The van der Waals surface area contributed by atoms with Gasteiger partial charge in [-0.1, -0.05) is 50.6 Å². The van der Waals surface area contributed by atoms with Crippen molar-refractivity contribution in [1.82, 2.24) is 5.32 Å². The molecule has 2 aromatic rings. The van der Waals surface area contributed by atoms with E-state index < -0.39 is 10.0 Å². The number of hydrogen-bond acceptors (Lipinski definition) is 4. The van der Waals surface area contributed by atoms with Crippen molar-refractivity contribution in [3.05, 3.63) is 59.2 Å². The number of thioether (sulfide) groups is 1. The van der Waals surface area contributed by atoms with Crippen molar-refractivity contribution in [3.63, 3.8) is 0 Å². The Morgan fingerprint density at radius 3 is 2.20 bits per heavy atom. The van der Waals surface area contributed by atoms with Crippen LogP contribution in [0.25, 0.3) is 0 Å². The molecule has 30 heavy (non-hydrogen) atoms. The van der Waals surface area contributed by atoms with Gasteiger partial charge in [0, 0.05) is 17.0 Å². The second-order valence-corrected chi connectivity index (χ2v) is 12.2. The van der Waals surface area contributed by atoms with Gasteiger partial charge in [0.2, 0.25) is 5.91 Å². The third-order valence-corrected chi connectivity index (χ3v) is 7.54. The fraction of sp³-hybridized carbons (Fsp3) is 0.435. The first kappa shape index (κ1) is 24.3. The Morgan fingerprint density at radius 1 is 1.00 bits per heavy atom. The zero-order chi connectivity index (χ0) is 22.5. The molecule has 164 valence electrons. The summed E-state index contributed by atoms with van der Waals surface area (Å²) in [6.45, 7) is 12.3. The molecule has 1 amide bonds. The predicted molar refractivity (Wildman–Crippen MR) is 127 cm³/mol. The van der Waals surface area contributed by atoms with Crippen LogP contribution in [0.5, 0.6) is 0 Å². The summed E-state index contributed by atoms with van der Waals surface area (Å²) in [5, 5.41) is 2.86. The lowest BCUT2D eigenvalue weighted by Crippen LogP contribution is -2.42. The average Bonchev–Trinajstić information content (AvgIpc) is 2.65. The minimum absolute atomic E-state index is 0.115. The molecule has 0 saturated carbocycles. The van der Waals surface area contributed by atoms with E-state index in [0.717, 1.165) is 22.4 Å². The highest BCUT2D eigenvalue weighted by Crippen LogP contribution is 2.28. The number of carbonyl (C=O) groups excluding carboxylic acids is 1. The molecule has 0 aliphatic carbocycles. The zero-order valence-corrected chi connectivity index (χ0v) is 20.3. The van der Waals surface area contributed by atoms with Gasteiger partial charge in [-0.3, -0.25) is 9.10 Å². The van der Waals surface area contributed by atoms with Gasteiger partial charge in [-0.2, -0.15) is 11.8 Å². The highest BCUT2D eigenvalue weighted by Gasteiger charge is 2.28. The molecule has 0 heterocycles. The van der Waals surface area contributed by atoms with Crippen molar-refractivity contribution in [2.45, 2.75) is 51.2 Å². The molecule has 2 aromatic carbocycles. The first-order chi connectivity index (χ1) is 13.9. The second-order valence-electron chi connectivity index (χ2n) is 8.43. The molecule has 0 radical (unpaired) electrons. The number of rotatable bonds is 8. The van der Waals surface area contributed by atoms with Crippen LogP contribution < -0.4 is 9.62 Å². The van der Waals surface area contributed by atoms with E-state index in [9.17, 15) is 13.2 Å². The van der Waals surface area contributed by atoms with Crippen LogP contribution in [-0.2, 0) is 14.8 Å². The largest absolute Gasteiger partial charge is 0.354 e. The summed E-state index contributed by atoms with van der Waals surface area (Å²) >= 11 is 1.75. The van der Waals surface area contributed by atoms with Crippen LogP contribution in [0.1, 0.15) is 37.5 Å². The summed E-state index contributed by atoms with van der Waals surface area (Å²) in [5.41, 5.74) is 3.23. The number of hydrogen-bond donors (Lipinski definition) is 1. The molecule has 2 rings (SSSR count).